The zero-order chi connectivity index (χ0) is 20.2. The molecule has 0 aliphatic rings. The van der Waals surface area contributed by atoms with Crippen molar-refractivity contribution >= 4 is 22.6 Å². The molecule has 4 aromatic rings. The van der Waals surface area contributed by atoms with Crippen LogP contribution < -0.4 is 4.74 Å². The molecule has 0 aliphatic heterocycles. The van der Waals surface area contributed by atoms with Crippen molar-refractivity contribution in [2.24, 2.45) is 0 Å². The minimum absolute atomic E-state index is 0.522. The van der Waals surface area contributed by atoms with Crippen molar-refractivity contribution in [1.29, 1.82) is 0 Å². The minimum atomic E-state index is 0.522. The molecular weight excluding hydrogens is 380 g/mol. The summed E-state index contributed by atoms with van der Waals surface area (Å²) in [5, 5.41) is 0.771. The number of aromatic nitrogens is 2. The van der Waals surface area contributed by atoms with E-state index < -0.39 is 0 Å². The molecule has 1 heterocycles. The average molecular weight is 405 g/mol. The van der Waals surface area contributed by atoms with Crippen LogP contribution in [-0.4, -0.2) is 16.2 Å². The van der Waals surface area contributed by atoms with E-state index in [1.807, 2.05) is 48.5 Å². The Labute approximate surface area is 176 Å². The van der Waals surface area contributed by atoms with Gasteiger partial charge in [0.05, 0.1) is 17.6 Å². The van der Waals surface area contributed by atoms with Gasteiger partial charge in [-0.1, -0.05) is 67.9 Å². The molecule has 0 saturated heterocycles. The van der Waals surface area contributed by atoms with Gasteiger partial charge in [0.2, 0.25) is 0 Å². The predicted molar refractivity (Wildman–Crippen MR) is 120 cm³/mol. The van der Waals surface area contributed by atoms with Crippen LogP contribution in [0.2, 0.25) is 5.02 Å². The van der Waals surface area contributed by atoms with E-state index in [1.54, 1.807) is 0 Å². The lowest BCUT2D eigenvalue weighted by Gasteiger charge is -2.12. The van der Waals surface area contributed by atoms with Crippen molar-refractivity contribution in [3.63, 3.8) is 0 Å². The van der Waals surface area contributed by atoms with E-state index in [-0.39, 0.29) is 0 Å². The monoisotopic (exact) mass is 404 g/mol. The summed E-state index contributed by atoms with van der Waals surface area (Å²) in [6.07, 6.45) is 0.692. The van der Waals surface area contributed by atoms with Crippen LogP contribution in [0.5, 0.6) is 5.75 Å². The molecular formula is C25H25ClN2O. The molecule has 3 nitrogen and oxygen atoms in total. The van der Waals surface area contributed by atoms with E-state index in [0.717, 1.165) is 39.7 Å². The zero-order valence-electron chi connectivity index (χ0n) is 16.8. The first-order valence-corrected chi connectivity index (χ1v) is 10.4. The number of halogens is 1. The number of imidazole rings is 1. The van der Waals surface area contributed by atoms with Gasteiger partial charge in [-0.2, -0.15) is 0 Å². The minimum Gasteiger partial charge on any atom is -0.492 e. The number of nitrogens with zero attached hydrogens (tertiary/aromatic N) is 2. The van der Waals surface area contributed by atoms with Gasteiger partial charge in [0.25, 0.3) is 0 Å². The first-order chi connectivity index (χ1) is 14.1. The number of rotatable bonds is 7. The van der Waals surface area contributed by atoms with Gasteiger partial charge in [-0.25, -0.2) is 4.98 Å². The highest BCUT2D eigenvalue weighted by atomic mass is 35.5. The van der Waals surface area contributed by atoms with Crippen LogP contribution in [0.25, 0.3) is 11.0 Å². The number of hydrogen-bond donors (Lipinski definition) is 0. The normalized spacial score (nSPS) is 11.3. The quantitative estimate of drug-likeness (QED) is 0.352. The van der Waals surface area contributed by atoms with Crippen molar-refractivity contribution in [3.05, 3.63) is 94.8 Å². The van der Waals surface area contributed by atoms with Crippen LogP contribution in [0.15, 0.2) is 72.8 Å². The highest BCUT2D eigenvalue weighted by molar-refractivity contribution is 6.31. The van der Waals surface area contributed by atoms with E-state index in [0.29, 0.717) is 18.9 Å². The molecule has 0 unspecified atom stereocenters. The van der Waals surface area contributed by atoms with Crippen molar-refractivity contribution in [1.82, 2.24) is 9.55 Å². The van der Waals surface area contributed by atoms with E-state index >= 15 is 0 Å². The fourth-order valence-electron chi connectivity index (χ4n) is 3.53. The molecule has 0 fully saturated rings. The number of benzene rings is 3. The van der Waals surface area contributed by atoms with Gasteiger partial charge >= 0.3 is 0 Å². The smallest absolute Gasteiger partial charge is 0.119 e. The molecule has 0 radical (unpaired) electrons. The first kappa shape index (κ1) is 19.5. The standard InChI is InChI=1S/C25H25ClN2O/c1-18(2)19-11-13-21(14-12-19)29-16-15-28-24-10-6-5-9-23(24)27-25(28)17-20-7-3-4-8-22(20)26/h3-14,18H,15-17H2,1-2H3. The lowest BCUT2D eigenvalue weighted by atomic mass is 10.0. The van der Waals surface area contributed by atoms with E-state index in [2.05, 4.69) is 42.7 Å². The van der Waals surface area contributed by atoms with E-state index in [4.69, 9.17) is 21.3 Å². The van der Waals surface area contributed by atoms with Gasteiger partial charge in [0.1, 0.15) is 18.2 Å². The molecule has 3 aromatic carbocycles. The molecule has 148 valence electrons. The Morgan fingerprint density at radius 2 is 1.66 bits per heavy atom. The fourth-order valence-corrected chi connectivity index (χ4v) is 3.73. The highest BCUT2D eigenvalue weighted by Crippen LogP contribution is 2.23. The second-order valence-electron chi connectivity index (χ2n) is 7.51. The third-order valence-corrected chi connectivity index (χ3v) is 5.54. The van der Waals surface area contributed by atoms with Gasteiger partial charge in [0.15, 0.2) is 0 Å². The summed E-state index contributed by atoms with van der Waals surface area (Å²) >= 11 is 6.38. The zero-order valence-corrected chi connectivity index (χ0v) is 17.6. The van der Waals surface area contributed by atoms with E-state index in [9.17, 15) is 0 Å². The maximum Gasteiger partial charge on any atom is 0.119 e. The second-order valence-corrected chi connectivity index (χ2v) is 7.92. The fraction of sp³-hybridized carbons (Fsp3) is 0.240. The van der Waals surface area contributed by atoms with Crippen LogP contribution in [0.3, 0.4) is 0 Å². The third-order valence-electron chi connectivity index (χ3n) is 5.17. The van der Waals surface area contributed by atoms with Crippen molar-refractivity contribution in [2.45, 2.75) is 32.7 Å². The molecule has 0 N–H and O–H groups in total. The molecule has 4 heteroatoms. The molecule has 4 rings (SSSR count). The lowest BCUT2D eigenvalue weighted by molar-refractivity contribution is 0.298. The topological polar surface area (TPSA) is 27.1 Å². The summed E-state index contributed by atoms with van der Waals surface area (Å²) in [7, 11) is 0. The summed E-state index contributed by atoms with van der Waals surface area (Å²) in [5.74, 6) is 2.42. The van der Waals surface area contributed by atoms with Gasteiger partial charge in [-0.15, -0.1) is 0 Å². The SMILES string of the molecule is CC(C)c1ccc(OCCn2c(Cc3ccccc3Cl)nc3ccccc32)cc1. The van der Waals surface area contributed by atoms with Gasteiger partial charge < -0.3 is 9.30 Å². The molecule has 0 atom stereocenters. The molecule has 0 bridgehead atoms. The van der Waals surface area contributed by atoms with Crippen molar-refractivity contribution < 1.29 is 4.74 Å². The number of ether oxygens (including phenoxy) is 1. The number of para-hydroxylation sites is 2. The summed E-state index contributed by atoms with van der Waals surface area (Å²) in [6.45, 7) is 5.70. The Morgan fingerprint density at radius 1 is 0.931 bits per heavy atom. The largest absolute Gasteiger partial charge is 0.492 e. The molecule has 0 spiro atoms. The van der Waals surface area contributed by atoms with Crippen molar-refractivity contribution in [2.75, 3.05) is 6.61 Å². The Kier molecular flexibility index (Phi) is 5.86. The summed E-state index contributed by atoms with van der Waals surface area (Å²) < 4.78 is 8.25. The summed E-state index contributed by atoms with van der Waals surface area (Å²) in [6, 6.07) is 24.5. The van der Waals surface area contributed by atoms with Crippen LogP contribution in [-0.2, 0) is 13.0 Å². The Balaban J connectivity index is 1.53. The van der Waals surface area contributed by atoms with Gasteiger partial charge in [-0.05, 0) is 47.4 Å². The van der Waals surface area contributed by atoms with Crippen LogP contribution in [0, 0.1) is 0 Å². The molecule has 0 amide bonds. The molecule has 29 heavy (non-hydrogen) atoms. The second kappa shape index (κ2) is 8.71. The van der Waals surface area contributed by atoms with Gasteiger partial charge in [-0.3, -0.25) is 0 Å². The number of fused-ring (bicyclic) bond motifs is 1. The summed E-state index contributed by atoms with van der Waals surface area (Å²) in [5.41, 5.74) is 4.51. The number of hydrogen-bond acceptors (Lipinski definition) is 2. The third kappa shape index (κ3) is 4.46. The van der Waals surface area contributed by atoms with Crippen molar-refractivity contribution in [3.8, 4) is 5.75 Å². The predicted octanol–water partition coefficient (Wildman–Crippen LogP) is 6.48. The highest BCUT2D eigenvalue weighted by Gasteiger charge is 2.12. The maximum absolute atomic E-state index is 6.38. The lowest BCUT2D eigenvalue weighted by Crippen LogP contribution is -2.11. The van der Waals surface area contributed by atoms with E-state index in [1.165, 1.54) is 5.56 Å². The molecule has 0 saturated carbocycles. The molecule has 0 aliphatic carbocycles. The molecule has 1 aromatic heterocycles. The van der Waals surface area contributed by atoms with Crippen LogP contribution >= 0.6 is 11.6 Å². The first-order valence-electron chi connectivity index (χ1n) is 10.0. The Hall–Kier alpha value is -2.78. The van der Waals surface area contributed by atoms with Gasteiger partial charge in [0, 0.05) is 11.4 Å². The average Bonchev–Trinajstić information content (AvgIpc) is 3.07. The summed E-state index contributed by atoms with van der Waals surface area (Å²) in [4.78, 5) is 4.85. The Morgan fingerprint density at radius 3 is 2.41 bits per heavy atom. The van der Waals surface area contributed by atoms with Crippen LogP contribution in [0.1, 0.15) is 36.7 Å². The maximum atomic E-state index is 6.38. The van der Waals surface area contributed by atoms with Crippen LogP contribution in [0.4, 0.5) is 0 Å². The Bertz CT molecular complexity index is 1100.